The maximum absolute atomic E-state index is 13.1. The number of epoxide rings is 1. The summed E-state index contributed by atoms with van der Waals surface area (Å²) in [6.07, 6.45) is 2.62. The van der Waals surface area contributed by atoms with Crippen LogP contribution in [0.5, 0.6) is 0 Å². The van der Waals surface area contributed by atoms with Crippen LogP contribution in [0.4, 0.5) is 0 Å². The number of rotatable bonds is 4. The largest absolute Gasteiger partial charge is 1.00 e. The standard InChI is InChI=1S/C19H22NO3S2.BrH/c1-20(2)12-9-11(10-13(20)18-17(12)23-18)22-19(21)16(14-5-3-7-24-14)15-6-4-8-25-15;/h3-8,11-13,16-18H,9-10H2,1-2H3;1H/q+1;/p-1/t11?,12-,13+,17-,18-;/m0./s1. The molecule has 3 aliphatic rings. The number of likely N-dealkylation sites (N-methyl/N-ethyl adjacent to an activating group) is 1. The van der Waals surface area contributed by atoms with Gasteiger partial charge in [0.1, 0.15) is 36.3 Å². The summed E-state index contributed by atoms with van der Waals surface area (Å²) in [5, 5.41) is 4.05. The van der Waals surface area contributed by atoms with Gasteiger partial charge >= 0.3 is 5.97 Å². The van der Waals surface area contributed by atoms with Gasteiger partial charge in [0.05, 0.1) is 14.1 Å². The lowest BCUT2D eigenvalue weighted by Crippen LogP contribution is -3.00. The van der Waals surface area contributed by atoms with E-state index in [-0.39, 0.29) is 35.0 Å². The van der Waals surface area contributed by atoms with E-state index in [1.807, 2.05) is 35.0 Å². The number of hydrogen-bond donors (Lipinski definition) is 0. The highest BCUT2D eigenvalue weighted by Crippen LogP contribution is 2.51. The van der Waals surface area contributed by atoms with Crippen molar-refractivity contribution in [2.24, 2.45) is 0 Å². The van der Waals surface area contributed by atoms with E-state index < -0.39 is 0 Å². The van der Waals surface area contributed by atoms with Gasteiger partial charge in [-0.3, -0.25) is 4.79 Å². The molecule has 0 N–H and O–H groups in total. The second-order valence-electron chi connectivity index (χ2n) is 7.82. The average molecular weight is 456 g/mol. The summed E-state index contributed by atoms with van der Waals surface area (Å²) in [4.78, 5) is 15.2. The van der Waals surface area contributed by atoms with Crippen molar-refractivity contribution < 1.29 is 35.7 Å². The van der Waals surface area contributed by atoms with Crippen LogP contribution in [0.3, 0.4) is 0 Å². The van der Waals surface area contributed by atoms with Gasteiger partial charge in [0.2, 0.25) is 0 Å². The highest BCUT2D eigenvalue weighted by Gasteiger charge is 2.70. The van der Waals surface area contributed by atoms with Crippen LogP contribution in [0.2, 0.25) is 0 Å². The number of esters is 1. The van der Waals surface area contributed by atoms with E-state index in [4.69, 9.17) is 9.47 Å². The first kappa shape index (κ1) is 18.6. The molecule has 26 heavy (non-hydrogen) atoms. The minimum absolute atomic E-state index is 0. The number of morpholine rings is 1. The van der Waals surface area contributed by atoms with Gasteiger partial charge in [-0.05, 0) is 22.9 Å². The second-order valence-corrected chi connectivity index (χ2v) is 9.78. The summed E-state index contributed by atoms with van der Waals surface area (Å²) in [6.45, 7) is 0. The van der Waals surface area contributed by atoms with Crippen molar-refractivity contribution in [1.82, 2.24) is 0 Å². The van der Waals surface area contributed by atoms with Crippen molar-refractivity contribution in [3.63, 3.8) is 0 Å². The van der Waals surface area contributed by atoms with Gasteiger partial charge in [-0.15, -0.1) is 22.7 Å². The van der Waals surface area contributed by atoms with Crippen LogP contribution in [0.15, 0.2) is 35.0 Å². The Bertz CT molecular complexity index is 723. The van der Waals surface area contributed by atoms with Crippen LogP contribution < -0.4 is 17.0 Å². The number of nitrogens with zero attached hydrogens (tertiary/aromatic N) is 1. The number of thiophene rings is 2. The quantitative estimate of drug-likeness (QED) is 0.376. The van der Waals surface area contributed by atoms with E-state index in [1.165, 1.54) is 0 Å². The molecule has 4 nitrogen and oxygen atoms in total. The number of quaternary nitrogens is 1. The summed E-state index contributed by atoms with van der Waals surface area (Å²) >= 11 is 3.25. The summed E-state index contributed by atoms with van der Waals surface area (Å²) < 4.78 is 12.9. The molecule has 5 rings (SSSR count). The van der Waals surface area contributed by atoms with E-state index in [2.05, 4.69) is 14.1 Å². The molecule has 0 amide bonds. The number of piperidine rings is 1. The Labute approximate surface area is 172 Å². The molecule has 2 aromatic rings. The van der Waals surface area contributed by atoms with Gasteiger partial charge in [-0.2, -0.15) is 0 Å². The van der Waals surface area contributed by atoms with Gasteiger partial charge in [0, 0.05) is 22.6 Å². The first-order valence-electron chi connectivity index (χ1n) is 8.82. The maximum Gasteiger partial charge on any atom is 0.319 e. The van der Waals surface area contributed by atoms with Crippen molar-refractivity contribution in [2.75, 3.05) is 14.1 Å². The molecule has 3 saturated heterocycles. The number of ether oxygens (including phenoxy) is 2. The van der Waals surface area contributed by atoms with Gasteiger partial charge in [-0.25, -0.2) is 0 Å². The predicted octanol–water partition coefficient (Wildman–Crippen LogP) is 0.246. The Balaban J connectivity index is 0.00000168. The van der Waals surface area contributed by atoms with E-state index >= 15 is 0 Å². The third-order valence-electron chi connectivity index (χ3n) is 6.21. The van der Waals surface area contributed by atoms with E-state index in [9.17, 15) is 4.79 Å². The fourth-order valence-corrected chi connectivity index (χ4v) is 6.55. The smallest absolute Gasteiger partial charge is 0.319 e. The van der Waals surface area contributed by atoms with Crippen LogP contribution in [0.25, 0.3) is 0 Å². The van der Waals surface area contributed by atoms with Crippen molar-refractivity contribution in [2.45, 2.75) is 49.2 Å². The first-order valence-corrected chi connectivity index (χ1v) is 10.6. The van der Waals surface area contributed by atoms with Gasteiger partial charge in [-0.1, -0.05) is 12.1 Å². The normalized spacial score (nSPS) is 33.4. The molecule has 0 radical (unpaired) electrons. The Morgan fingerprint density at radius 1 is 1.12 bits per heavy atom. The molecule has 2 aromatic heterocycles. The zero-order valence-corrected chi connectivity index (χ0v) is 17.9. The number of fused-ring (bicyclic) bond motifs is 5. The lowest BCUT2D eigenvalue weighted by molar-refractivity contribution is -0.938. The van der Waals surface area contributed by atoms with Gasteiger partial charge in [0.15, 0.2) is 0 Å². The predicted molar refractivity (Wildman–Crippen MR) is 97.9 cm³/mol. The minimum Gasteiger partial charge on any atom is -1.00 e. The molecule has 0 spiro atoms. The van der Waals surface area contributed by atoms with Crippen LogP contribution >= 0.6 is 22.7 Å². The number of carbonyl (C=O) groups excluding carboxylic acids is 1. The van der Waals surface area contributed by atoms with E-state index in [0.717, 1.165) is 27.1 Å². The fraction of sp³-hybridized carbons (Fsp3) is 0.526. The molecular formula is C19H22BrNO3S2. The molecule has 0 aliphatic carbocycles. The van der Waals surface area contributed by atoms with Crippen LogP contribution in [0.1, 0.15) is 28.5 Å². The Hall–Kier alpha value is -0.730. The first-order chi connectivity index (χ1) is 12.1. The molecular weight excluding hydrogens is 434 g/mol. The van der Waals surface area contributed by atoms with Crippen molar-refractivity contribution >= 4 is 28.6 Å². The lowest BCUT2D eigenvalue weighted by atomic mass is 9.96. The summed E-state index contributed by atoms with van der Waals surface area (Å²) in [5.74, 6) is -0.385. The Kier molecular flexibility index (Phi) is 4.80. The summed E-state index contributed by atoms with van der Waals surface area (Å²) in [6, 6.07) is 8.99. The summed E-state index contributed by atoms with van der Waals surface area (Å²) in [5.41, 5.74) is 0. The second kappa shape index (κ2) is 6.71. The highest BCUT2D eigenvalue weighted by molar-refractivity contribution is 7.11. The van der Waals surface area contributed by atoms with Gasteiger partial charge < -0.3 is 30.9 Å². The molecule has 3 aliphatic heterocycles. The van der Waals surface area contributed by atoms with Crippen molar-refractivity contribution in [1.29, 1.82) is 0 Å². The molecule has 7 heteroatoms. The minimum atomic E-state index is -0.284. The topological polar surface area (TPSA) is 38.8 Å². The molecule has 1 unspecified atom stereocenters. The SMILES string of the molecule is C[N+]1(C)[C@@H]2CC(OC(=O)C(c3cccs3)c3cccs3)C[C@H]1[C@@H]1O[C@H]12.[Br-]. The number of halogens is 1. The maximum atomic E-state index is 13.1. The van der Waals surface area contributed by atoms with Crippen LogP contribution in [0, 0.1) is 0 Å². The summed E-state index contributed by atoms with van der Waals surface area (Å²) in [7, 11) is 4.59. The zero-order chi connectivity index (χ0) is 17.2. The Morgan fingerprint density at radius 2 is 1.65 bits per heavy atom. The zero-order valence-electron chi connectivity index (χ0n) is 14.7. The van der Waals surface area contributed by atoms with Crippen molar-refractivity contribution in [3.05, 3.63) is 44.8 Å². The molecule has 0 aromatic carbocycles. The average Bonchev–Trinajstić information content (AvgIpc) is 2.91. The number of carbonyl (C=O) groups is 1. The number of hydrogen-bond acceptors (Lipinski definition) is 5. The molecule has 2 bridgehead atoms. The van der Waals surface area contributed by atoms with E-state index in [0.29, 0.717) is 24.3 Å². The van der Waals surface area contributed by atoms with Crippen molar-refractivity contribution in [3.8, 4) is 0 Å². The Morgan fingerprint density at radius 3 is 2.12 bits per heavy atom. The third-order valence-corrected chi connectivity index (χ3v) is 8.09. The molecule has 5 heterocycles. The fourth-order valence-electron chi connectivity index (χ4n) is 4.82. The van der Waals surface area contributed by atoms with Gasteiger partial charge in [0.25, 0.3) is 0 Å². The highest BCUT2D eigenvalue weighted by atomic mass is 79.9. The molecule has 5 atom stereocenters. The third kappa shape index (κ3) is 2.88. The molecule has 0 saturated carbocycles. The lowest BCUT2D eigenvalue weighted by Gasteiger charge is -2.45. The molecule has 3 fully saturated rings. The van der Waals surface area contributed by atoms with Crippen LogP contribution in [-0.4, -0.2) is 54.9 Å². The van der Waals surface area contributed by atoms with Crippen LogP contribution in [-0.2, 0) is 14.3 Å². The monoisotopic (exact) mass is 455 g/mol. The van der Waals surface area contributed by atoms with E-state index in [1.54, 1.807) is 22.7 Å². The molecule has 140 valence electrons.